The molecule has 0 aliphatic carbocycles. The molecule has 0 unspecified atom stereocenters. The van der Waals surface area contributed by atoms with Gasteiger partial charge in [-0.1, -0.05) is 0 Å². The Morgan fingerprint density at radius 1 is 1.39 bits per heavy atom. The van der Waals surface area contributed by atoms with Crippen molar-refractivity contribution in [3.8, 4) is 11.3 Å². The van der Waals surface area contributed by atoms with Gasteiger partial charge in [0.1, 0.15) is 5.76 Å². The Labute approximate surface area is 105 Å². The van der Waals surface area contributed by atoms with Gasteiger partial charge in [-0.05, 0) is 26.0 Å². The summed E-state index contributed by atoms with van der Waals surface area (Å²) in [5.74, 6) is 0.568. The van der Waals surface area contributed by atoms with Crippen molar-refractivity contribution in [1.82, 2.24) is 10.2 Å². The smallest absolute Gasteiger partial charge is 0.379 e. The Morgan fingerprint density at radius 2 is 2.11 bits per heavy atom. The van der Waals surface area contributed by atoms with E-state index in [0.29, 0.717) is 16.8 Å². The van der Waals surface area contributed by atoms with Crippen LogP contribution in [0.1, 0.15) is 13.8 Å². The second-order valence-electron chi connectivity index (χ2n) is 3.44. The van der Waals surface area contributed by atoms with Gasteiger partial charge in [-0.2, -0.15) is 5.10 Å². The van der Waals surface area contributed by atoms with E-state index in [-0.39, 0.29) is 13.2 Å². The molecule has 2 heterocycles. The van der Waals surface area contributed by atoms with Gasteiger partial charge >= 0.3 is 7.60 Å². The van der Waals surface area contributed by atoms with Crippen molar-refractivity contribution in [3.05, 3.63) is 24.6 Å². The Balaban J connectivity index is 2.43. The SMILES string of the molecule is CCOP(=O)(OCC)c1[nH]ncc1-c1ccco1. The van der Waals surface area contributed by atoms with Gasteiger partial charge in [-0.25, -0.2) is 0 Å². The topological polar surface area (TPSA) is 77.4 Å². The average molecular weight is 270 g/mol. The highest BCUT2D eigenvalue weighted by molar-refractivity contribution is 7.62. The molecule has 0 saturated carbocycles. The van der Waals surface area contributed by atoms with E-state index in [9.17, 15) is 4.57 Å². The Hall–Kier alpha value is -1.36. The number of nitrogens with zero attached hydrogens (tertiary/aromatic N) is 1. The van der Waals surface area contributed by atoms with Crippen LogP contribution in [0.3, 0.4) is 0 Å². The van der Waals surface area contributed by atoms with Crippen molar-refractivity contribution in [1.29, 1.82) is 0 Å². The molecule has 2 aromatic rings. The van der Waals surface area contributed by atoms with Gasteiger partial charge in [0.25, 0.3) is 0 Å². The number of aromatic nitrogens is 2. The van der Waals surface area contributed by atoms with Gasteiger partial charge in [-0.15, -0.1) is 0 Å². The van der Waals surface area contributed by atoms with E-state index < -0.39 is 7.60 Å². The molecule has 1 N–H and O–H groups in total. The van der Waals surface area contributed by atoms with Crippen LogP contribution in [0.4, 0.5) is 0 Å². The minimum absolute atomic E-state index is 0.286. The predicted octanol–water partition coefficient (Wildman–Crippen LogP) is 2.56. The van der Waals surface area contributed by atoms with Crippen molar-refractivity contribution < 1.29 is 18.0 Å². The lowest BCUT2D eigenvalue weighted by Crippen LogP contribution is -2.14. The fourth-order valence-electron chi connectivity index (χ4n) is 1.61. The molecule has 6 nitrogen and oxygen atoms in total. The first kappa shape index (κ1) is 13.1. The molecule has 0 amide bonds. The summed E-state index contributed by atoms with van der Waals surface area (Å²) in [6.07, 6.45) is 3.08. The van der Waals surface area contributed by atoms with Crippen LogP contribution in [-0.2, 0) is 13.6 Å². The molecule has 0 aliphatic rings. The molecule has 2 aromatic heterocycles. The van der Waals surface area contributed by atoms with Gasteiger partial charge in [-0.3, -0.25) is 9.66 Å². The van der Waals surface area contributed by atoms with Gasteiger partial charge in [0.2, 0.25) is 0 Å². The van der Waals surface area contributed by atoms with Crippen LogP contribution in [0.25, 0.3) is 11.3 Å². The van der Waals surface area contributed by atoms with Crippen molar-refractivity contribution in [2.45, 2.75) is 13.8 Å². The van der Waals surface area contributed by atoms with E-state index in [1.807, 2.05) is 0 Å². The van der Waals surface area contributed by atoms with E-state index in [1.165, 1.54) is 0 Å². The molecular weight excluding hydrogens is 255 g/mol. The van der Waals surface area contributed by atoms with Crippen LogP contribution in [-0.4, -0.2) is 23.4 Å². The minimum Gasteiger partial charge on any atom is -0.464 e. The van der Waals surface area contributed by atoms with E-state index in [0.717, 1.165) is 0 Å². The third kappa shape index (κ3) is 2.41. The normalized spacial score (nSPS) is 11.9. The molecule has 7 heteroatoms. The highest BCUT2D eigenvalue weighted by atomic mass is 31.2. The lowest BCUT2D eigenvalue weighted by atomic mass is 10.3. The zero-order valence-corrected chi connectivity index (χ0v) is 11.1. The van der Waals surface area contributed by atoms with E-state index >= 15 is 0 Å². The summed E-state index contributed by atoms with van der Waals surface area (Å²) >= 11 is 0. The summed E-state index contributed by atoms with van der Waals surface area (Å²) in [4.78, 5) is 0. The Morgan fingerprint density at radius 3 is 2.67 bits per heavy atom. The molecule has 0 fully saturated rings. The fourth-order valence-corrected chi connectivity index (χ4v) is 3.26. The molecule has 0 radical (unpaired) electrons. The van der Waals surface area contributed by atoms with Crippen molar-refractivity contribution in [2.24, 2.45) is 0 Å². The third-order valence-corrected chi connectivity index (χ3v) is 4.36. The number of H-pyrrole nitrogens is 1. The summed E-state index contributed by atoms with van der Waals surface area (Å²) in [6.45, 7) is 4.09. The summed E-state index contributed by atoms with van der Waals surface area (Å²) < 4.78 is 28.5. The first-order valence-electron chi connectivity index (χ1n) is 5.68. The second kappa shape index (κ2) is 5.52. The summed E-state index contributed by atoms with van der Waals surface area (Å²) in [5.41, 5.74) is 0.909. The lowest BCUT2D eigenvalue weighted by Gasteiger charge is -2.16. The highest BCUT2D eigenvalue weighted by Crippen LogP contribution is 2.48. The quantitative estimate of drug-likeness (QED) is 0.816. The number of rotatable bonds is 6. The monoisotopic (exact) mass is 270 g/mol. The van der Waals surface area contributed by atoms with Gasteiger partial charge in [0.15, 0.2) is 5.44 Å². The standard InChI is InChI=1S/C11H15N2O4P/c1-3-16-18(14,17-4-2)11-9(8-12-13-11)10-6-5-7-15-10/h5-8H,3-4H2,1-2H3,(H,12,13). The van der Waals surface area contributed by atoms with Crippen molar-refractivity contribution in [2.75, 3.05) is 13.2 Å². The predicted molar refractivity (Wildman–Crippen MR) is 66.8 cm³/mol. The van der Waals surface area contributed by atoms with Crippen LogP contribution in [0.2, 0.25) is 0 Å². The van der Waals surface area contributed by atoms with Crippen molar-refractivity contribution in [3.63, 3.8) is 0 Å². The maximum atomic E-state index is 12.6. The minimum atomic E-state index is -3.38. The highest BCUT2D eigenvalue weighted by Gasteiger charge is 2.32. The van der Waals surface area contributed by atoms with Crippen LogP contribution >= 0.6 is 7.60 Å². The van der Waals surface area contributed by atoms with Crippen LogP contribution in [0, 0.1) is 0 Å². The van der Waals surface area contributed by atoms with E-state index in [4.69, 9.17) is 13.5 Å². The number of furan rings is 1. The molecule has 0 bridgehead atoms. The lowest BCUT2D eigenvalue weighted by molar-refractivity contribution is 0.229. The summed E-state index contributed by atoms with van der Waals surface area (Å²) in [6, 6.07) is 3.51. The van der Waals surface area contributed by atoms with Crippen LogP contribution in [0.15, 0.2) is 29.0 Å². The Kier molecular flexibility index (Phi) is 4.01. The maximum Gasteiger partial charge on any atom is 0.379 e. The third-order valence-electron chi connectivity index (χ3n) is 2.28. The average Bonchev–Trinajstić information content (AvgIpc) is 3.00. The molecule has 2 rings (SSSR count). The number of hydrogen-bond donors (Lipinski definition) is 1. The maximum absolute atomic E-state index is 12.6. The van der Waals surface area contributed by atoms with E-state index in [2.05, 4.69) is 10.2 Å². The van der Waals surface area contributed by atoms with Crippen LogP contribution < -0.4 is 5.44 Å². The molecule has 0 atom stereocenters. The summed E-state index contributed by atoms with van der Waals surface area (Å²) in [5, 5.41) is 6.57. The molecule has 0 spiro atoms. The van der Waals surface area contributed by atoms with Gasteiger partial charge in [0.05, 0.1) is 31.2 Å². The van der Waals surface area contributed by atoms with Gasteiger partial charge < -0.3 is 13.5 Å². The number of aromatic amines is 1. The largest absolute Gasteiger partial charge is 0.464 e. The first-order chi connectivity index (χ1) is 8.71. The first-order valence-corrected chi connectivity index (χ1v) is 7.22. The fraction of sp³-hybridized carbons (Fsp3) is 0.364. The summed E-state index contributed by atoms with van der Waals surface area (Å²) in [7, 11) is -3.38. The molecule has 98 valence electrons. The molecular formula is C11H15N2O4P. The second-order valence-corrected chi connectivity index (χ2v) is 5.40. The molecule has 0 saturated heterocycles. The number of nitrogens with one attached hydrogen (secondary N) is 1. The van der Waals surface area contributed by atoms with Crippen molar-refractivity contribution >= 4 is 13.0 Å². The molecule has 0 aromatic carbocycles. The molecule has 0 aliphatic heterocycles. The zero-order chi connectivity index (χ0) is 13.0. The van der Waals surface area contributed by atoms with Crippen LogP contribution in [0.5, 0.6) is 0 Å². The Bertz CT molecular complexity index is 525. The molecule has 18 heavy (non-hydrogen) atoms. The van der Waals surface area contributed by atoms with E-state index in [1.54, 1.807) is 38.4 Å². The number of hydrogen-bond acceptors (Lipinski definition) is 5. The van der Waals surface area contributed by atoms with Gasteiger partial charge in [0, 0.05) is 0 Å². The zero-order valence-electron chi connectivity index (χ0n) is 10.3.